The summed E-state index contributed by atoms with van der Waals surface area (Å²) in [4.78, 5) is 2.42. The van der Waals surface area contributed by atoms with E-state index in [1.54, 1.807) is 0 Å². The third kappa shape index (κ3) is 3.70. The summed E-state index contributed by atoms with van der Waals surface area (Å²) in [5.74, 6) is 0. The lowest BCUT2D eigenvalue weighted by Gasteiger charge is -2.31. The summed E-state index contributed by atoms with van der Waals surface area (Å²) in [6.45, 7) is 9.14. The summed E-state index contributed by atoms with van der Waals surface area (Å²) in [7, 11) is 0. The fourth-order valence-corrected chi connectivity index (χ4v) is 2.40. The van der Waals surface area contributed by atoms with Crippen molar-refractivity contribution in [2.24, 2.45) is 0 Å². The first kappa shape index (κ1) is 12.3. The fourth-order valence-electron chi connectivity index (χ4n) is 2.40. The van der Waals surface area contributed by atoms with E-state index < -0.39 is 0 Å². The zero-order valence-electron chi connectivity index (χ0n) is 10.3. The van der Waals surface area contributed by atoms with E-state index in [0.29, 0.717) is 12.1 Å². The highest BCUT2D eigenvalue weighted by Gasteiger charge is 2.21. The van der Waals surface area contributed by atoms with Gasteiger partial charge in [0.2, 0.25) is 0 Å². The van der Waals surface area contributed by atoms with Gasteiger partial charge in [-0.05, 0) is 26.3 Å². The molecular formula is C12H24N2O2. The second-order valence-corrected chi connectivity index (χ2v) is 4.75. The van der Waals surface area contributed by atoms with Crippen LogP contribution in [-0.4, -0.2) is 63.0 Å². The topological polar surface area (TPSA) is 33.7 Å². The average Bonchev–Trinajstić information content (AvgIpc) is 2.33. The molecular weight excluding hydrogens is 204 g/mol. The molecule has 4 heteroatoms. The smallest absolute Gasteiger partial charge is 0.0726 e. The normalized spacial score (nSPS) is 32.8. The molecule has 2 fully saturated rings. The maximum atomic E-state index is 5.95. The van der Waals surface area contributed by atoms with Crippen LogP contribution in [0.4, 0.5) is 0 Å². The van der Waals surface area contributed by atoms with Crippen LogP contribution >= 0.6 is 0 Å². The van der Waals surface area contributed by atoms with Gasteiger partial charge in [0.15, 0.2) is 0 Å². The number of nitrogens with zero attached hydrogens (tertiary/aromatic N) is 1. The number of hydrogen-bond donors (Lipinski definition) is 1. The Morgan fingerprint density at radius 1 is 1.38 bits per heavy atom. The summed E-state index contributed by atoms with van der Waals surface area (Å²) in [6.07, 6.45) is 2.86. The number of piperidine rings is 1. The van der Waals surface area contributed by atoms with E-state index in [0.717, 1.165) is 46.0 Å². The molecule has 0 spiro atoms. The van der Waals surface area contributed by atoms with Crippen LogP contribution < -0.4 is 5.32 Å². The minimum Gasteiger partial charge on any atom is -0.379 e. The highest BCUT2D eigenvalue weighted by molar-refractivity contribution is 4.78. The third-order valence-corrected chi connectivity index (χ3v) is 3.53. The van der Waals surface area contributed by atoms with E-state index >= 15 is 0 Å². The van der Waals surface area contributed by atoms with E-state index in [1.807, 2.05) is 0 Å². The minimum absolute atomic E-state index is 0.412. The van der Waals surface area contributed by atoms with Gasteiger partial charge in [-0.1, -0.05) is 0 Å². The second-order valence-electron chi connectivity index (χ2n) is 4.75. The molecule has 2 saturated heterocycles. The molecule has 2 aliphatic heterocycles. The Kier molecular flexibility index (Phi) is 5.03. The first-order chi connectivity index (χ1) is 7.86. The van der Waals surface area contributed by atoms with Gasteiger partial charge >= 0.3 is 0 Å². The predicted octanol–water partition coefficient (Wildman–Crippen LogP) is 0.476. The van der Waals surface area contributed by atoms with Crippen LogP contribution in [0.1, 0.15) is 19.8 Å². The molecule has 0 saturated carbocycles. The van der Waals surface area contributed by atoms with Gasteiger partial charge in [0.05, 0.1) is 25.9 Å². The molecule has 2 aliphatic rings. The van der Waals surface area contributed by atoms with Crippen molar-refractivity contribution in [3.63, 3.8) is 0 Å². The Morgan fingerprint density at radius 3 is 2.94 bits per heavy atom. The maximum Gasteiger partial charge on any atom is 0.0726 e. The monoisotopic (exact) mass is 228 g/mol. The molecule has 0 radical (unpaired) electrons. The standard InChI is InChI=1S/C12H24N2O2/c1-11-12(3-2-4-13-11)16-10-7-14-5-8-15-9-6-14/h11-13H,2-10H2,1H3. The molecule has 0 aromatic rings. The number of rotatable bonds is 4. The van der Waals surface area contributed by atoms with Crippen LogP contribution in [0.25, 0.3) is 0 Å². The number of nitrogens with one attached hydrogen (secondary N) is 1. The van der Waals surface area contributed by atoms with Gasteiger partial charge in [-0.25, -0.2) is 0 Å². The zero-order chi connectivity index (χ0) is 11.2. The SMILES string of the molecule is CC1NCCCC1OCCN1CCOCC1. The van der Waals surface area contributed by atoms with Crippen LogP contribution in [0.3, 0.4) is 0 Å². The Bertz CT molecular complexity index is 195. The summed E-state index contributed by atoms with van der Waals surface area (Å²) < 4.78 is 11.3. The molecule has 0 aromatic heterocycles. The van der Waals surface area contributed by atoms with Crippen LogP contribution in [0.2, 0.25) is 0 Å². The Morgan fingerprint density at radius 2 is 2.19 bits per heavy atom. The number of hydrogen-bond acceptors (Lipinski definition) is 4. The molecule has 2 unspecified atom stereocenters. The highest BCUT2D eigenvalue weighted by atomic mass is 16.5. The number of morpholine rings is 1. The van der Waals surface area contributed by atoms with Crippen molar-refractivity contribution < 1.29 is 9.47 Å². The van der Waals surface area contributed by atoms with Gasteiger partial charge in [0.1, 0.15) is 0 Å². The molecule has 2 rings (SSSR count). The molecule has 4 nitrogen and oxygen atoms in total. The highest BCUT2D eigenvalue weighted by Crippen LogP contribution is 2.12. The van der Waals surface area contributed by atoms with E-state index in [1.165, 1.54) is 12.8 Å². The quantitative estimate of drug-likeness (QED) is 0.758. The minimum atomic E-state index is 0.412. The molecule has 2 heterocycles. The second kappa shape index (κ2) is 6.55. The van der Waals surface area contributed by atoms with Gasteiger partial charge in [-0.3, -0.25) is 4.90 Å². The summed E-state index contributed by atoms with van der Waals surface area (Å²) in [5.41, 5.74) is 0. The summed E-state index contributed by atoms with van der Waals surface area (Å²) >= 11 is 0. The third-order valence-electron chi connectivity index (χ3n) is 3.53. The van der Waals surface area contributed by atoms with Gasteiger partial charge in [0, 0.05) is 25.7 Å². The lowest BCUT2D eigenvalue weighted by Crippen LogP contribution is -2.45. The molecule has 1 N–H and O–H groups in total. The van der Waals surface area contributed by atoms with E-state index in [4.69, 9.17) is 9.47 Å². The van der Waals surface area contributed by atoms with Crippen molar-refractivity contribution in [2.45, 2.75) is 31.9 Å². The van der Waals surface area contributed by atoms with Crippen molar-refractivity contribution in [1.82, 2.24) is 10.2 Å². The first-order valence-corrected chi connectivity index (χ1v) is 6.51. The van der Waals surface area contributed by atoms with Crippen LogP contribution in [-0.2, 0) is 9.47 Å². The summed E-state index contributed by atoms with van der Waals surface area (Å²) in [5, 5.41) is 3.46. The molecule has 0 aromatic carbocycles. The van der Waals surface area contributed by atoms with E-state index in [-0.39, 0.29) is 0 Å². The van der Waals surface area contributed by atoms with Crippen molar-refractivity contribution in [2.75, 3.05) is 46.0 Å². The number of ether oxygens (including phenoxy) is 2. The van der Waals surface area contributed by atoms with Gasteiger partial charge in [0.25, 0.3) is 0 Å². The molecule has 0 amide bonds. The molecule has 94 valence electrons. The lowest BCUT2D eigenvalue weighted by atomic mass is 10.0. The van der Waals surface area contributed by atoms with Crippen molar-refractivity contribution in [3.8, 4) is 0 Å². The largest absolute Gasteiger partial charge is 0.379 e. The molecule has 16 heavy (non-hydrogen) atoms. The van der Waals surface area contributed by atoms with Crippen LogP contribution in [0.5, 0.6) is 0 Å². The molecule has 0 aliphatic carbocycles. The van der Waals surface area contributed by atoms with E-state index in [2.05, 4.69) is 17.1 Å². The summed E-state index contributed by atoms with van der Waals surface area (Å²) in [6, 6.07) is 0.512. The van der Waals surface area contributed by atoms with Crippen molar-refractivity contribution >= 4 is 0 Å². The molecule has 2 atom stereocenters. The Hall–Kier alpha value is -0.160. The Labute approximate surface area is 98.3 Å². The first-order valence-electron chi connectivity index (χ1n) is 6.51. The zero-order valence-corrected chi connectivity index (χ0v) is 10.3. The maximum absolute atomic E-state index is 5.95. The van der Waals surface area contributed by atoms with Gasteiger partial charge in [-0.2, -0.15) is 0 Å². The Balaban J connectivity index is 1.59. The van der Waals surface area contributed by atoms with Gasteiger partial charge in [-0.15, -0.1) is 0 Å². The van der Waals surface area contributed by atoms with Crippen LogP contribution in [0.15, 0.2) is 0 Å². The van der Waals surface area contributed by atoms with E-state index in [9.17, 15) is 0 Å². The van der Waals surface area contributed by atoms with Crippen molar-refractivity contribution in [1.29, 1.82) is 0 Å². The molecule has 0 bridgehead atoms. The van der Waals surface area contributed by atoms with Gasteiger partial charge < -0.3 is 14.8 Å². The predicted molar refractivity (Wildman–Crippen MR) is 63.7 cm³/mol. The van der Waals surface area contributed by atoms with Crippen molar-refractivity contribution in [3.05, 3.63) is 0 Å². The average molecular weight is 228 g/mol. The fraction of sp³-hybridized carbons (Fsp3) is 1.00. The van der Waals surface area contributed by atoms with Crippen LogP contribution in [0, 0.1) is 0 Å². The lowest BCUT2D eigenvalue weighted by molar-refractivity contribution is -0.0165.